The van der Waals surface area contributed by atoms with Gasteiger partial charge in [-0.15, -0.1) is 0 Å². The Morgan fingerprint density at radius 3 is 2.24 bits per heavy atom. The summed E-state index contributed by atoms with van der Waals surface area (Å²) in [6.07, 6.45) is 8.69. The molecule has 0 bridgehead atoms. The number of rotatable bonds is 2. The summed E-state index contributed by atoms with van der Waals surface area (Å²) >= 11 is 0. The van der Waals surface area contributed by atoms with E-state index in [2.05, 4.69) is 18.7 Å². The summed E-state index contributed by atoms with van der Waals surface area (Å²) in [5.74, 6) is 1.74. The molecule has 2 unspecified atom stereocenters. The van der Waals surface area contributed by atoms with Crippen LogP contribution in [0.3, 0.4) is 0 Å². The number of nitrogens with zero attached hydrogens (tertiary/aromatic N) is 1. The van der Waals surface area contributed by atoms with Crippen molar-refractivity contribution in [2.45, 2.75) is 70.9 Å². The van der Waals surface area contributed by atoms with Gasteiger partial charge in [0, 0.05) is 6.04 Å². The summed E-state index contributed by atoms with van der Waals surface area (Å²) in [7, 11) is 0. The molecule has 0 aromatic rings. The minimum Gasteiger partial charge on any atom is -0.391 e. The van der Waals surface area contributed by atoms with Crippen molar-refractivity contribution in [1.82, 2.24) is 4.90 Å². The van der Waals surface area contributed by atoms with Crippen molar-refractivity contribution in [3.05, 3.63) is 0 Å². The first-order valence-electron chi connectivity index (χ1n) is 7.60. The second kappa shape index (κ2) is 6.19. The van der Waals surface area contributed by atoms with Gasteiger partial charge in [-0.3, -0.25) is 4.90 Å². The predicted octanol–water partition coefficient (Wildman–Crippen LogP) is 3.05. The van der Waals surface area contributed by atoms with Crippen molar-refractivity contribution in [2.75, 3.05) is 13.1 Å². The molecule has 0 aromatic carbocycles. The molecule has 0 aromatic heterocycles. The van der Waals surface area contributed by atoms with Crippen LogP contribution in [0.4, 0.5) is 0 Å². The van der Waals surface area contributed by atoms with Crippen LogP contribution in [0.25, 0.3) is 0 Å². The Morgan fingerprint density at radius 1 is 0.941 bits per heavy atom. The molecule has 100 valence electrons. The average Bonchev–Trinajstić information content (AvgIpc) is 2.54. The first kappa shape index (κ1) is 13.4. The van der Waals surface area contributed by atoms with E-state index in [1.165, 1.54) is 51.6 Å². The molecule has 2 atom stereocenters. The zero-order chi connectivity index (χ0) is 12.3. The molecule has 2 fully saturated rings. The third-order valence-corrected chi connectivity index (χ3v) is 4.93. The Bertz CT molecular complexity index is 221. The molecule has 1 aliphatic heterocycles. The monoisotopic (exact) mass is 239 g/mol. The third-order valence-electron chi connectivity index (χ3n) is 4.93. The number of piperidine rings is 1. The first-order valence-corrected chi connectivity index (χ1v) is 7.60. The molecule has 1 heterocycles. The van der Waals surface area contributed by atoms with E-state index in [1.807, 2.05) is 0 Å². The first-order chi connectivity index (χ1) is 8.18. The summed E-state index contributed by atoms with van der Waals surface area (Å²) in [6, 6.07) is 0.464. The quantitative estimate of drug-likeness (QED) is 0.749. The molecule has 1 aliphatic carbocycles. The Kier molecular flexibility index (Phi) is 4.87. The van der Waals surface area contributed by atoms with Crippen LogP contribution in [-0.4, -0.2) is 35.2 Å². The molecule has 2 heteroatoms. The van der Waals surface area contributed by atoms with Crippen LogP contribution < -0.4 is 0 Å². The Hall–Kier alpha value is -0.0800. The van der Waals surface area contributed by atoms with Gasteiger partial charge in [-0.2, -0.15) is 0 Å². The fourth-order valence-electron chi connectivity index (χ4n) is 3.61. The van der Waals surface area contributed by atoms with Crippen LogP contribution in [0, 0.1) is 11.8 Å². The summed E-state index contributed by atoms with van der Waals surface area (Å²) in [6.45, 7) is 7.12. The Labute approximate surface area is 106 Å². The van der Waals surface area contributed by atoms with E-state index in [1.54, 1.807) is 0 Å². The van der Waals surface area contributed by atoms with Crippen molar-refractivity contribution in [3.8, 4) is 0 Å². The molecule has 1 N–H and O–H groups in total. The van der Waals surface area contributed by atoms with Crippen LogP contribution in [0.2, 0.25) is 0 Å². The molecule has 17 heavy (non-hydrogen) atoms. The van der Waals surface area contributed by atoms with Crippen LogP contribution in [0.1, 0.15) is 58.8 Å². The molecular formula is C15H29NO. The lowest BCUT2D eigenvalue weighted by molar-refractivity contribution is 0.0206. The van der Waals surface area contributed by atoms with E-state index >= 15 is 0 Å². The topological polar surface area (TPSA) is 23.5 Å². The number of aliphatic hydroxyl groups excluding tert-OH is 1. The van der Waals surface area contributed by atoms with Gasteiger partial charge < -0.3 is 5.11 Å². The average molecular weight is 239 g/mol. The molecule has 2 aliphatic rings. The van der Waals surface area contributed by atoms with Gasteiger partial charge >= 0.3 is 0 Å². The second-order valence-corrected chi connectivity index (χ2v) is 6.39. The smallest absolute Gasteiger partial charge is 0.0695 e. The Morgan fingerprint density at radius 2 is 1.59 bits per heavy atom. The van der Waals surface area contributed by atoms with Crippen LogP contribution >= 0.6 is 0 Å². The van der Waals surface area contributed by atoms with Crippen molar-refractivity contribution >= 4 is 0 Å². The highest BCUT2D eigenvalue weighted by molar-refractivity contribution is 4.85. The summed E-state index contributed by atoms with van der Waals surface area (Å²) in [5.41, 5.74) is 0. The van der Waals surface area contributed by atoms with Gasteiger partial charge in [0.15, 0.2) is 0 Å². The van der Waals surface area contributed by atoms with Gasteiger partial charge in [-0.1, -0.05) is 33.1 Å². The normalized spacial score (nSPS) is 33.9. The highest BCUT2D eigenvalue weighted by Crippen LogP contribution is 2.29. The van der Waals surface area contributed by atoms with E-state index in [9.17, 15) is 5.11 Å². The largest absolute Gasteiger partial charge is 0.391 e. The number of aliphatic hydroxyl groups is 1. The minimum absolute atomic E-state index is 0.0619. The van der Waals surface area contributed by atoms with E-state index in [0.29, 0.717) is 6.04 Å². The van der Waals surface area contributed by atoms with Crippen LogP contribution in [-0.2, 0) is 0 Å². The number of hydrogen-bond donors (Lipinski definition) is 1. The van der Waals surface area contributed by atoms with E-state index in [-0.39, 0.29) is 6.10 Å². The fraction of sp³-hybridized carbons (Fsp3) is 1.00. The van der Waals surface area contributed by atoms with Crippen molar-refractivity contribution in [3.63, 3.8) is 0 Å². The lowest BCUT2D eigenvalue weighted by Crippen LogP contribution is -2.47. The predicted molar refractivity (Wildman–Crippen MR) is 72.0 cm³/mol. The van der Waals surface area contributed by atoms with Crippen molar-refractivity contribution in [2.24, 2.45) is 11.8 Å². The lowest BCUT2D eigenvalue weighted by Gasteiger charge is -2.40. The van der Waals surface area contributed by atoms with Gasteiger partial charge in [0.1, 0.15) is 0 Å². The molecular weight excluding hydrogens is 210 g/mol. The van der Waals surface area contributed by atoms with Gasteiger partial charge in [-0.05, 0) is 50.6 Å². The Balaban J connectivity index is 1.86. The zero-order valence-electron chi connectivity index (χ0n) is 11.6. The van der Waals surface area contributed by atoms with E-state index < -0.39 is 0 Å². The molecule has 0 radical (unpaired) electrons. The SMILES string of the molecule is CC(C)C1CCN(C2CCCCCC2O)CC1. The fourth-order valence-corrected chi connectivity index (χ4v) is 3.61. The zero-order valence-corrected chi connectivity index (χ0v) is 11.6. The second-order valence-electron chi connectivity index (χ2n) is 6.39. The van der Waals surface area contributed by atoms with Gasteiger partial charge in [0.2, 0.25) is 0 Å². The maximum atomic E-state index is 10.2. The van der Waals surface area contributed by atoms with Gasteiger partial charge in [0.25, 0.3) is 0 Å². The molecule has 1 saturated heterocycles. The van der Waals surface area contributed by atoms with E-state index in [4.69, 9.17) is 0 Å². The maximum absolute atomic E-state index is 10.2. The minimum atomic E-state index is -0.0619. The summed E-state index contributed by atoms with van der Waals surface area (Å²) in [5, 5.41) is 10.2. The van der Waals surface area contributed by atoms with Gasteiger partial charge in [0.05, 0.1) is 6.10 Å². The standard InChI is InChI=1S/C15H29NO/c1-12(2)13-8-10-16(11-9-13)14-6-4-3-5-7-15(14)17/h12-15,17H,3-11H2,1-2H3. The molecule has 2 nitrogen and oxygen atoms in total. The van der Waals surface area contributed by atoms with Crippen LogP contribution in [0.5, 0.6) is 0 Å². The highest BCUT2D eigenvalue weighted by atomic mass is 16.3. The third kappa shape index (κ3) is 3.45. The molecule has 0 amide bonds. The number of likely N-dealkylation sites (tertiary alicyclic amines) is 1. The van der Waals surface area contributed by atoms with Crippen molar-refractivity contribution < 1.29 is 5.11 Å². The summed E-state index contributed by atoms with van der Waals surface area (Å²) < 4.78 is 0. The molecule has 0 spiro atoms. The molecule has 2 rings (SSSR count). The van der Waals surface area contributed by atoms with E-state index in [0.717, 1.165) is 18.3 Å². The maximum Gasteiger partial charge on any atom is 0.0695 e. The summed E-state index contributed by atoms with van der Waals surface area (Å²) in [4.78, 5) is 2.58. The van der Waals surface area contributed by atoms with Crippen LogP contribution in [0.15, 0.2) is 0 Å². The number of hydrogen-bond acceptors (Lipinski definition) is 2. The molecule has 1 saturated carbocycles. The highest BCUT2D eigenvalue weighted by Gasteiger charge is 2.31. The lowest BCUT2D eigenvalue weighted by atomic mass is 9.85. The van der Waals surface area contributed by atoms with Gasteiger partial charge in [-0.25, -0.2) is 0 Å². The van der Waals surface area contributed by atoms with Crippen molar-refractivity contribution in [1.29, 1.82) is 0 Å².